The van der Waals surface area contributed by atoms with Crippen molar-refractivity contribution < 1.29 is 5.11 Å². The number of β-amino-alcohol motifs (C(OH)–C–C–N with tert-alkyl or cyclic N) is 1. The number of aliphatic hydroxyl groups excluding tert-OH is 1. The zero-order valence-corrected chi connectivity index (χ0v) is 14.1. The molecule has 1 saturated heterocycles. The number of aromatic nitrogens is 5. The van der Waals surface area contributed by atoms with Crippen molar-refractivity contribution in [1.29, 1.82) is 0 Å². The molecule has 0 amide bonds. The number of rotatable bonds is 4. The minimum atomic E-state index is -0.467. The van der Waals surface area contributed by atoms with Crippen LogP contribution in [0.5, 0.6) is 0 Å². The van der Waals surface area contributed by atoms with Crippen molar-refractivity contribution in [2.75, 3.05) is 31.1 Å². The molecular weight excluding hydrogens is 318 g/mol. The Bertz CT molecular complexity index is 837. The van der Waals surface area contributed by atoms with Gasteiger partial charge in [-0.3, -0.25) is 4.90 Å². The topological polar surface area (TPSA) is 82.7 Å². The van der Waals surface area contributed by atoms with Crippen LogP contribution in [0.15, 0.2) is 42.5 Å². The van der Waals surface area contributed by atoms with Gasteiger partial charge in [0.2, 0.25) is 0 Å². The van der Waals surface area contributed by atoms with E-state index in [0.29, 0.717) is 18.2 Å². The molecule has 1 fully saturated rings. The maximum absolute atomic E-state index is 10.5. The van der Waals surface area contributed by atoms with Crippen molar-refractivity contribution in [2.24, 2.45) is 0 Å². The Morgan fingerprint density at radius 1 is 1.16 bits per heavy atom. The van der Waals surface area contributed by atoms with Crippen LogP contribution in [-0.4, -0.2) is 67.5 Å². The summed E-state index contributed by atoms with van der Waals surface area (Å²) in [6.07, 6.45) is -0.467. The van der Waals surface area contributed by atoms with Crippen molar-refractivity contribution >= 4 is 11.5 Å². The van der Waals surface area contributed by atoms with Gasteiger partial charge in [-0.1, -0.05) is 30.3 Å². The molecule has 1 aromatic carbocycles. The Labute approximate surface area is 145 Å². The number of hydrogen-bond donors (Lipinski definition) is 1. The van der Waals surface area contributed by atoms with E-state index in [4.69, 9.17) is 0 Å². The molecule has 0 unspecified atom stereocenters. The Balaban J connectivity index is 1.41. The van der Waals surface area contributed by atoms with Crippen LogP contribution in [0.2, 0.25) is 0 Å². The summed E-state index contributed by atoms with van der Waals surface area (Å²) in [5.74, 6) is 0.870. The van der Waals surface area contributed by atoms with E-state index >= 15 is 0 Å². The fraction of sp³-hybridized carbons (Fsp3) is 0.412. The number of nitrogens with zero attached hydrogens (tertiary/aromatic N) is 7. The van der Waals surface area contributed by atoms with Gasteiger partial charge < -0.3 is 10.0 Å². The summed E-state index contributed by atoms with van der Waals surface area (Å²) in [6.45, 7) is 5.40. The predicted octanol–water partition coefficient (Wildman–Crippen LogP) is 0.763. The molecule has 2 aromatic heterocycles. The molecular formula is C17H21N7O. The second kappa shape index (κ2) is 6.73. The summed E-state index contributed by atoms with van der Waals surface area (Å²) in [5, 5.41) is 26.3. The van der Waals surface area contributed by atoms with E-state index in [9.17, 15) is 5.11 Å². The lowest BCUT2D eigenvalue weighted by Crippen LogP contribution is -2.53. The van der Waals surface area contributed by atoms with Crippen LogP contribution in [0.4, 0.5) is 5.82 Å². The Kier molecular flexibility index (Phi) is 4.29. The summed E-state index contributed by atoms with van der Waals surface area (Å²) >= 11 is 0. The third kappa shape index (κ3) is 3.31. The Morgan fingerprint density at radius 2 is 2.00 bits per heavy atom. The van der Waals surface area contributed by atoms with E-state index in [1.807, 2.05) is 42.5 Å². The van der Waals surface area contributed by atoms with Crippen molar-refractivity contribution in [3.05, 3.63) is 48.0 Å². The first-order chi connectivity index (χ1) is 12.2. The lowest BCUT2D eigenvalue weighted by Gasteiger charge is -2.41. The largest absolute Gasteiger partial charge is 0.387 e. The highest BCUT2D eigenvalue weighted by molar-refractivity contribution is 5.44. The summed E-state index contributed by atoms with van der Waals surface area (Å²) in [6, 6.07) is 14.0. The maximum atomic E-state index is 10.5. The van der Waals surface area contributed by atoms with Crippen molar-refractivity contribution in [2.45, 2.75) is 19.1 Å². The van der Waals surface area contributed by atoms with E-state index < -0.39 is 6.10 Å². The van der Waals surface area contributed by atoms with Crippen LogP contribution in [0, 0.1) is 0 Å². The van der Waals surface area contributed by atoms with Gasteiger partial charge in [-0.15, -0.1) is 14.8 Å². The SMILES string of the molecule is C[C@H]1CN(c2ccc3nnnn3n2)CCN1C[C@@H](O)c1ccccc1. The van der Waals surface area contributed by atoms with Gasteiger partial charge in [-0.05, 0) is 35.0 Å². The first-order valence-corrected chi connectivity index (χ1v) is 8.48. The molecule has 25 heavy (non-hydrogen) atoms. The summed E-state index contributed by atoms with van der Waals surface area (Å²) in [7, 11) is 0. The molecule has 8 nitrogen and oxygen atoms in total. The highest BCUT2D eigenvalue weighted by Gasteiger charge is 2.26. The normalized spacial score (nSPS) is 20.1. The first-order valence-electron chi connectivity index (χ1n) is 8.48. The monoisotopic (exact) mass is 339 g/mol. The molecule has 0 bridgehead atoms. The molecule has 130 valence electrons. The maximum Gasteiger partial charge on any atom is 0.200 e. The van der Waals surface area contributed by atoms with Gasteiger partial charge in [0, 0.05) is 32.2 Å². The van der Waals surface area contributed by atoms with Gasteiger partial charge in [0.1, 0.15) is 0 Å². The predicted molar refractivity (Wildman–Crippen MR) is 93.2 cm³/mol. The van der Waals surface area contributed by atoms with E-state index in [-0.39, 0.29) is 0 Å². The van der Waals surface area contributed by atoms with Gasteiger partial charge in [-0.25, -0.2) is 0 Å². The first kappa shape index (κ1) is 15.9. The number of piperazine rings is 1. The van der Waals surface area contributed by atoms with Gasteiger partial charge in [0.15, 0.2) is 11.5 Å². The van der Waals surface area contributed by atoms with Crippen molar-refractivity contribution in [3.63, 3.8) is 0 Å². The van der Waals surface area contributed by atoms with E-state index in [0.717, 1.165) is 31.0 Å². The molecule has 2 atom stereocenters. The van der Waals surface area contributed by atoms with Crippen LogP contribution >= 0.6 is 0 Å². The number of tetrazole rings is 1. The zero-order chi connectivity index (χ0) is 17.2. The molecule has 0 spiro atoms. The molecule has 1 N–H and O–H groups in total. The lowest BCUT2D eigenvalue weighted by atomic mass is 10.1. The molecule has 0 saturated carbocycles. The fourth-order valence-electron chi connectivity index (χ4n) is 3.29. The van der Waals surface area contributed by atoms with Crippen LogP contribution in [0.3, 0.4) is 0 Å². The second-order valence-corrected chi connectivity index (χ2v) is 6.43. The average molecular weight is 339 g/mol. The van der Waals surface area contributed by atoms with E-state index in [1.54, 1.807) is 0 Å². The number of benzene rings is 1. The van der Waals surface area contributed by atoms with Gasteiger partial charge in [-0.2, -0.15) is 0 Å². The summed E-state index contributed by atoms with van der Waals surface area (Å²) in [4.78, 5) is 4.56. The minimum absolute atomic E-state index is 0.318. The highest BCUT2D eigenvalue weighted by Crippen LogP contribution is 2.20. The van der Waals surface area contributed by atoms with Crippen molar-refractivity contribution in [1.82, 2.24) is 30.2 Å². The number of aliphatic hydroxyl groups is 1. The molecule has 3 aromatic rings. The molecule has 1 aliphatic heterocycles. The van der Waals surface area contributed by atoms with E-state index in [1.165, 1.54) is 4.63 Å². The zero-order valence-electron chi connectivity index (χ0n) is 14.1. The lowest BCUT2D eigenvalue weighted by molar-refractivity contribution is 0.0848. The summed E-state index contributed by atoms with van der Waals surface area (Å²) in [5.41, 5.74) is 1.60. The van der Waals surface area contributed by atoms with Crippen LogP contribution in [-0.2, 0) is 0 Å². The highest BCUT2D eigenvalue weighted by atomic mass is 16.3. The number of hydrogen-bond acceptors (Lipinski definition) is 7. The van der Waals surface area contributed by atoms with E-state index in [2.05, 4.69) is 37.3 Å². The molecule has 0 aliphatic carbocycles. The Morgan fingerprint density at radius 3 is 2.80 bits per heavy atom. The van der Waals surface area contributed by atoms with Gasteiger partial charge in [0.05, 0.1) is 6.10 Å². The fourth-order valence-corrected chi connectivity index (χ4v) is 3.29. The van der Waals surface area contributed by atoms with Crippen LogP contribution < -0.4 is 4.90 Å². The number of fused-ring (bicyclic) bond motifs is 1. The number of anilines is 1. The molecule has 3 heterocycles. The van der Waals surface area contributed by atoms with Crippen LogP contribution in [0.1, 0.15) is 18.6 Å². The van der Waals surface area contributed by atoms with Crippen LogP contribution in [0.25, 0.3) is 5.65 Å². The standard InChI is InChI=1S/C17H21N7O/c1-13-11-23(17-8-7-16-18-20-21-24(16)19-17)10-9-22(13)12-15(25)14-5-3-2-4-6-14/h2-8,13,15,25H,9-12H2,1H3/t13-,15+/m0/s1. The molecule has 4 rings (SSSR count). The van der Waals surface area contributed by atoms with Gasteiger partial charge >= 0.3 is 0 Å². The summed E-state index contributed by atoms with van der Waals surface area (Å²) < 4.78 is 1.45. The van der Waals surface area contributed by atoms with Gasteiger partial charge in [0.25, 0.3) is 0 Å². The van der Waals surface area contributed by atoms with Crippen molar-refractivity contribution in [3.8, 4) is 0 Å². The second-order valence-electron chi connectivity index (χ2n) is 6.43. The Hall–Kier alpha value is -2.58. The molecule has 0 radical (unpaired) electrons. The third-order valence-corrected chi connectivity index (χ3v) is 4.74. The smallest absolute Gasteiger partial charge is 0.200 e. The quantitative estimate of drug-likeness (QED) is 0.751. The minimum Gasteiger partial charge on any atom is -0.387 e. The average Bonchev–Trinajstić information content (AvgIpc) is 3.12. The third-order valence-electron chi connectivity index (χ3n) is 4.74. The molecule has 8 heteroatoms. The molecule has 1 aliphatic rings.